The Balaban J connectivity index is 2.33. The smallest absolute Gasteiger partial charge is 0.149 e. The van der Waals surface area contributed by atoms with Crippen LogP contribution >= 0.6 is 23.2 Å². The molecule has 0 spiro atoms. The van der Waals surface area contributed by atoms with Crippen LogP contribution in [-0.4, -0.2) is 17.0 Å². The first-order chi connectivity index (χ1) is 4.10. The van der Waals surface area contributed by atoms with Crippen molar-refractivity contribution in [1.82, 2.24) is 0 Å². The molecule has 0 saturated heterocycles. The van der Waals surface area contributed by atoms with Crippen LogP contribution in [0.2, 0.25) is 0 Å². The summed E-state index contributed by atoms with van der Waals surface area (Å²) in [5.74, 6) is 0.292. The summed E-state index contributed by atoms with van der Waals surface area (Å²) in [5.41, 5.74) is 0. The van der Waals surface area contributed by atoms with Crippen LogP contribution in [0.3, 0.4) is 0 Å². The summed E-state index contributed by atoms with van der Waals surface area (Å²) in [6.45, 7) is 4.62. The van der Waals surface area contributed by atoms with E-state index < -0.39 is 4.33 Å². The summed E-state index contributed by atoms with van der Waals surface area (Å²) in [7, 11) is 0. The third-order valence-electron chi connectivity index (χ3n) is 1.68. The minimum Gasteiger partial charge on any atom is -0.375 e. The van der Waals surface area contributed by atoms with Gasteiger partial charge in [-0.2, -0.15) is 0 Å². The molecule has 0 aromatic rings. The van der Waals surface area contributed by atoms with Crippen molar-refractivity contribution < 1.29 is 4.74 Å². The summed E-state index contributed by atoms with van der Waals surface area (Å²) < 4.78 is 4.62. The fraction of sp³-hybridized carbons (Fsp3) is 1.00. The van der Waals surface area contributed by atoms with Gasteiger partial charge in [-0.25, -0.2) is 0 Å². The van der Waals surface area contributed by atoms with E-state index in [4.69, 9.17) is 27.9 Å². The molecule has 2 atom stereocenters. The molecule has 0 heterocycles. The van der Waals surface area contributed by atoms with Crippen LogP contribution in [0.25, 0.3) is 0 Å². The standard InChI is InChI=1S/C6H10Cl2O/c1-3-9-5-4(2)6(5,7)8/h4-5H,3H2,1-2H3. The van der Waals surface area contributed by atoms with Gasteiger partial charge in [0, 0.05) is 12.5 Å². The van der Waals surface area contributed by atoms with Gasteiger partial charge in [-0.05, 0) is 6.92 Å². The molecule has 1 fully saturated rings. The van der Waals surface area contributed by atoms with Crippen LogP contribution in [0.15, 0.2) is 0 Å². The van der Waals surface area contributed by atoms with Gasteiger partial charge in [0.05, 0.1) is 6.10 Å². The van der Waals surface area contributed by atoms with E-state index in [2.05, 4.69) is 0 Å². The Morgan fingerprint density at radius 3 is 2.11 bits per heavy atom. The molecule has 54 valence electrons. The molecule has 0 N–H and O–H groups in total. The molecule has 0 aliphatic heterocycles. The lowest BCUT2D eigenvalue weighted by molar-refractivity contribution is 0.122. The molecule has 0 aromatic heterocycles. The van der Waals surface area contributed by atoms with E-state index in [9.17, 15) is 0 Å². The molecular formula is C6H10Cl2O. The lowest BCUT2D eigenvalue weighted by atomic mass is 10.5. The second-order valence-corrected chi connectivity index (χ2v) is 3.78. The zero-order valence-electron chi connectivity index (χ0n) is 5.53. The van der Waals surface area contributed by atoms with Crippen molar-refractivity contribution in [3.8, 4) is 0 Å². The lowest BCUT2D eigenvalue weighted by Crippen LogP contribution is -2.00. The molecule has 1 nitrogen and oxygen atoms in total. The summed E-state index contributed by atoms with van der Waals surface area (Å²) in [6.07, 6.45) is 0.0610. The molecular weight excluding hydrogens is 159 g/mol. The predicted octanol–water partition coefficient (Wildman–Crippen LogP) is 2.22. The predicted molar refractivity (Wildman–Crippen MR) is 39.0 cm³/mol. The molecule has 0 radical (unpaired) electrons. The summed E-state index contributed by atoms with van der Waals surface area (Å²) >= 11 is 11.6. The highest BCUT2D eigenvalue weighted by atomic mass is 35.5. The van der Waals surface area contributed by atoms with E-state index in [1.165, 1.54) is 0 Å². The van der Waals surface area contributed by atoms with Crippen molar-refractivity contribution in [3.63, 3.8) is 0 Å². The quantitative estimate of drug-likeness (QED) is 0.576. The average Bonchev–Trinajstić information content (AvgIpc) is 2.19. The van der Waals surface area contributed by atoms with Gasteiger partial charge in [0.1, 0.15) is 4.33 Å². The first-order valence-electron chi connectivity index (χ1n) is 3.10. The maximum atomic E-state index is 5.78. The largest absolute Gasteiger partial charge is 0.375 e. The molecule has 0 amide bonds. The minimum absolute atomic E-state index is 0.0610. The van der Waals surface area contributed by atoms with Crippen LogP contribution in [0.5, 0.6) is 0 Å². The zero-order chi connectivity index (χ0) is 7.07. The summed E-state index contributed by atoms with van der Waals surface area (Å²) in [4.78, 5) is 0. The number of halogens is 2. The maximum Gasteiger partial charge on any atom is 0.149 e. The van der Waals surface area contributed by atoms with Gasteiger partial charge in [-0.1, -0.05) is 30.1 Å². The fourth-order valence-corrected chi connectivity index (χ4v) is 1.49. The topological polar surface area (TPSA) is 9.23 Å². The molecule has 3 heteroatoms. The Hall–Kier alpha value is 0.540. The lowest BCUT2D eigenvalue weighted by Gasteiger charge is -1.96. The minimum atomic E-state index is -0.601. The Labute approximate surface area is 65.3 Å². The van der Waals surface area contributed by atoms with Crippen molar-refractivity contribution in [2.24, 2.45) is 5.92 Å². The van der Waals surface area contributed by atoms with E-state index in [-0.39, 0.29) is 6.10 Å². The van der Waals surface area contributed by atoms with Crippen molar-refractivity contribution >= 4 is 23.2 Å². The van der Waals surface area contributed by atoms with E-state index in [1.54, 1.807) is 0 Å². The third kappa shape index (κ3) is 1.19. The monoisotopic (exact) mass is 168 g/mol. The zero-order valence-corrected chi connectivity index (χ0v) is 7.04. The molecule has 1 aliphatic rings. The highest BCUT2D eigenvalue weighted by Crippen LogP contribution is 2.54. The number of alkyl halides is 2. The number of ether oxygens (including phenoxy) is 1. The van der Waals surface area contributed by atoms with Crippen LogP contribution in [0.4, 0.5) is 0 Å². The number of hydrogen-bond acceptors (Lipinski definition) is 1. The normalized spacial score (nSPS) is 38.7. The van der Waals surface area contributed by atoms with Crippen LogP contribution < -0.4 is 0 Å². The molecule has 0 bridgehead atoms. The second-order valence-electron chi connectivity index (χ2n) is 2.34. The van der Waals surface area contributed by atoms with Crippen LogP contribution in [0.1, 0.15) is 13.8 Å². The first kappa shape index (κ1) is 7.64. The van der Waals surface area contributed by atoms with Gasteiger partial charge < -0.3 is 4.74 Å². The van der Waals surface area contributed by atoms with Crippen molar-refractivity contribution in [2.75, 3.05) is 6.61 Å². The highest BCUT2D eigenvalue weighted by Gasteiger charge is 2.61. The van der Waals surface area contributed by atoms with E-state index >= 15 is 0 Å². The summed E-state index contributed by atoms with van der Waals surface area (Å²) in [6, 6.07) is 0. The Morgan fingerprint density at radius 2 is 2.00 bits per heavy atom. The van der Waals surface area contributed by atoms with Gasteiger partial charge in [-0.3, -0.25) is 0 Å². The van der Waals surface area contributed by atoms with E-state index in [0.717, 1.165) is 0 Å². The first-order valence-corrected chi connectivity index (χ1v) is 3.85. The Morgan fingerprint density at radius 1 is 1.56 bits per heavy atom. The van der Waals surface area contributed by atoms with E-state index in [1.807, 2.05) is 13.8 Å². The van der Waals surface area contributed by atoms with Crippen molar-refractivity contribution in [1.29, 1.82) is 0 Å². The second kappa shape index (κ2) is 2.30. The average molecular weight is 169 g/mol. The van der Waals surface area contributed by atoms with Crippen LogP contribution in [-0.2, 0) is 4.74 Å². The van der Waals surface area contributed by atoms with Gasteiger partial charge in [-0.15, -0.1) is 0 Å². The SMILES string of the molecule is CCOC1C(C)C1(Cl)Cl. The Bertz CT molecular complexity index is 114. The third-order valence-corrected chi connectivity index (χ3v) is 2.80. The van der Waals surface area contributed by atoms with Crippen LogP contribution in [0, 0.1) is 5.92 Å². The molecule has 1 aliphatic carbocycles. The molecule has 2 unspecified atom stereocenters. The molecule has 9 heavy (non-hydrogen) atoms. The van der Waals surface area contributed by atoms with Gasteiger partial charge in [0.15, 0.2) is 0 Å². The molecule has 1 rings (SSSR count). The number of rotatable bonds is 2. The van der Waals surface area contributed by atoms with Gasteiger partial charge in [0.25, 0.3) is 0 Å². The van der Waals surface area contributed by atoms with Crippen molar-refractivity contribution in [2.45, 2.75) is 24.3 Å². The molecule has 0 aromatic carbocycles. The van der Waals surface area contributed by atoms with E-state index in [0.29, 0.717) is 12.5 Å². The van der Waals surface area contributed by atoms with Gasteiger partial charge >= 0.3 is 0 Å². The fourth-order valence-electron chi connectivity index (χ4n) is 0.879. The Kier molecular flexibility index (Phi) is 1.95. The van der Waals surface area contributed by atoms with Gasteiger partial charge in [0.2, 0.25) is 0 Å². The van der Waals surface area contributed by atoms with Crippen molar-refractivity contribution in [3.05, 3.63) is 0 Å². The highest BCUT2D eigenvalue weighted by molar-refractivity contribution is 6.51. The summed E-state index contributed by atoms with van der Waals surface area (Å²) in [5, 5.41) is 0. The maximum absolute atomic E-state index is 5.78. The molecule has 1 saturated carbocycles. The number of hydrogen-bond donors (Lipinski definition) is 0.